The van der Waals surface area contributed by atoms with Crippen LogP contribution in [0, 0.1) is 5.92 Å². The molecule has 0 saturated heterocycles. The molecule has 0 rings (SSSR count). The van der Waals surface area contributed by atoms with Crippen LogP contribution < -0.4 is 0 Å². The molecule has 7 nitrogen and oxygen atoms in total. The average molecular weight is 358 g/mol. The van der Waals surface area contributed by atoms with Crippen molar-refractivity contribution in [1.29, 1.82) is 0 Å². The predicted molar refractivity (Wildman–Crippen MR) is 86.2 cm³/mol. The monoisotopic (exact) mass is 358 g/mol. The Kier molecular flexibility index (Phi) is 17.9. The number of esters is 1. The summed E-state index contributed by atoms with van der Waals surface area (Å²) in [5.41, 5.74) is 0. The van der Waals surface area contributed by atoms with Gasteiger partial charge in [0.15, 0.2) is 5.25 Å². The van der Waals surface area contributed by atoms with E-state index in [0.29, 0.717) is 0 Å². The molecule has 2 unspecified atom stereocenters. The molecule has 0 aromatic heterocycles. The summed E-state index contributed by atoms with van der Waals surface area (Å²) in [6.07, 6.45) is 2.56. The minimum atomic E-state index is -4.79. The molecular formula is C12H24Na2O7S. The molecule has 0 radical (unpaired) electrons. The molecule has 0 heterocycles. The zero-order valence-corrected chi connectivity index (χ0v) is 12.6. The van der Waals surface area contributed by atoms with Crippen LogP contribution in [0.1, 0.15) is 46.0 Å². The van der Waals surface area contributed by atoms with Crippen molar-refractivity contribution in [3.63, 3.8) is 0 Å². The van der Waals surface area contributed by atoms with E-state index in [2.05, 4.69) is 0 Å². The first-order valence-electron chi connectivity index (χ1n) is 6.57. The fourth-order valence-electron chi connectivity index (χ4n) is 1.66. The molecule has 2 atom stereocenters. The van der Waals surface area contributed by atoms with E-state index < -0.39 is 33.7 Å². The van der Waals surface area contributed by atoms with Gasteiger partial charge >= 0.3 is 71.1 Å². The maximum absolute atomic E-state index is 11.6. The van der Waals surface area contributed by atoms with Crippen LogP contribution >= 0.6 is 0 Å². The van der Waals surface area contributed by atoms with Crippen molar-refractivity contribution in [3.8, 4) is 0 Å². The summed E-state index contributed by atoms with van der Waals surface area (Å²) in [7, 11) is -4.79. The van der Waals surface area contributed by atoms with Crippen LogP contribution in [0.15, 0.2) is 0 Å². The first kappa shape index (κ1) is 27.7. The molecule has 2 N–H and O–H groups in total. The van der Waals surface area contributed by atoms with Gasteiger partial charge in [-0.3, -0.25) is 14.1 Å². The van der Waals surface area contributed by atoms with Gasteiger partial charge in [0.1, 0.15) is 0 Å². The van der Waals surface area contributed by atoms with E-state index in [9.17, 15) is 18.0 Å². The summed E-state index contributed by atoms with van der Waals surface area (Å²) < 4.78 is 35.7. The van der Waals surface area contributed by atoms with Crippen molar-refractivity contribution >= 4 is 81.2 Å². The molecule has 0 bridgehead atoms. The van der Waals surface area contributed by atoms with Crippen LogP contribution in [-0.4, -0.2) is 101 Å². The average Bonchev–Trinajstić information content (AvgIpc) is 2.34. The van der Waals surface area contributed by atoms with E-state index in [4.69, 9.17) is 14.4 Å². The molecule has 0 fully saturated rings. The van der Waals surface area contributed by atoms with E-state index in [-0.39, 0.29) is 71.6 Å². The van der Waals surface area contributed by atoms with Crippen LogP contribution in [0.2, 0.25) is 0 Å². The van der Waals surface area contributed by atoms with Crippen LogP contribution in [0.3, 0.4) is 0 Å². The normalized spacial score (nSPS) is 13.2. The first-order chi connectivity index (χ1) is 9.22. The van der Waals surface area contributed by atoms with Gasteiger partial charge in [0, 0.05) is 0 Å². The van der Waals surface area contributed by atoms with Crippen LogP contribution in [0.5, 0.6) is 0 Å². The minimum absolute atomic E-state index is 0. The van der Waals surface area contributed by atoms with Gasteiger partial charge in [-0.2, -0.15) is 8.42 Å². The molecular weight excluding hydrogens is 334 g/mol. The van der Waals surface area contributed by atoms with E-state index >= 15 is 0 Å². The summed E-state index contributed by atoms with van der Waals surface area (Å²) in [6, 6.07) is 0. The molecule has 0 aromatic carbocycles. The third kappa shape index (κ3) is 12.3. The van der Waals surface area contributed by atoms with Crippen molar-refractivity contribution in [1.82, 2.24) is 0 Å². The van der Waals surface area contributed by atoms with Crippen molar-refractivity contribution in [2.75, 3.05) is 6.61 Å². The van der Waals surface area contributed by atoms with Crippen molar-refractivity contribution in [2.24, 2.45) is 5.92 Å². The van der Waals surface area contributed by atoms with Gasteiger partial charge in [-0.15, -0.1) is 0 Å². The van der Waals surface area contributed by atoms with Gasteiger partial charge in [0.05, 0.1) is 13.0 Å². The van der Waals surface area contributed by atoms with Gasteiger partial charge in [-0.25, -0.2) is 0 Å². The second kappa shape index (κ2) is 14.2. The topological polar surface area (TPSA) is 118 Å². The molecule has 0 aliphatic heterocycles. The number of rotatable bonds is 10. The quantitative estimate of drug-likeness (QED) is 0.325. The number of carboxylic acid groups (broad SMARTS) is 1. The standard InChI is InChI=1S/C12H22O7S.2Na.2H/c1-3-5-6-9(4-2)8-19-12(15)10(7-11(13)14)20(16,17)18;;;;/h9-10H,3-8H2,1-2H3,(H,13,14)(H,16,17,18);;;;. The number of unbranched alkanes of at least 4 members (excludes halogenated alkanes) is 1. The van der Waals surface area contributed by atoms with Crippen LogP contribution in [0.4, 0.5) is 0 Å². The van der Waals surface area contributed by atoms with E-state index in [1.807, 2.05) is 13.8 Å². The van der Waals surface area contributed by atoms with E-state index in [0.717, 1.165) is 25.7 Å². The third-order valence-corrected chi connectivity index (χ3v) is 4.07. The molecule has 0 spiro atoms. The van der Waals surface area contributed by atoms with Crippen LogP contribution in [-0.2, 0) is 24.4 Å². The number of aliphatic carboxylic acids is 1. The second-order valence-electron chi connectivity index (χ2n) is 4.65. The molecule has 0 amide bonds. The Bertz CT molecular complexity index is 425. The Morgan fingerprint density at radius 2 is 1.73 bits per heavy atom. The zero-order valence-electron chi connectivity index (χ0n) is 11.7. The molecule has 0 saturated carbocycles. The predicted octanol–water partition coefficient (Wildman–Crippen LogP) is 0.180. The Labute approximate surface area is 175 Å². The molecule has 0 aliphatic rings. The number of carbonyl (C=O) groups is 2. The van der Waals surface area contributed by atoms with Gasteiger partial charge < -0.3 is 9.84 Å². The third-order valence-electron chi connectivity index (χ3n) is 2.99. The summed E-state index contributed by atoms with van der Waals surface area (Å²) in [6.45, 7) is 3.98. The zero-order chi connectivity index (χ0) is 15.8. The summed E-state index contributed by atoms with van der Waals surface area (Å²) in [5, 5.41) is 6.49. The van der Waals surface area contributed by atoms with Gasteiger partial charge in [0.25, 0.3) is 10.1 Å². The molecule has 22 heavy (non-hydrogen) atoms. The van der Waals surface area contributed by atoms with E-state index in [1.54, 1.807) is 0 Å². The van der Waals surface area contributed by atoms with Gasteiger partial charge in [-0.05, 0) is 12.3 Å². The first-order valence-corrected chi connectivity index (χ1v) is 8.07. The Morgan fingerprint density at radius 1 is 1.18 bits per heavy atom. The van der Waals surface area contributed by atoms with E-state index in [1.165, 1.54) is 0 Å². The number of carbonyl (C=O) groups excluding carboxylic acids is 1. The summed E-state index contributed by atoms with van der Waals surface area (Å²) in [5.74, 6) is -2.61. The SMILES string of the molecule is CCCCC(CC)COC(=O)C(CC(=O)O)S(=O)(=O)O.[NaH].[NaH]. The maximum atomic E-state index is 11.6. The molecule has 0 aromatic rings. The fourth-order valence-corrected chi connectivity index (χ4v) is 2.32. The number of ether oxygens (including phenoxy) is 1. The number of hydrogen-bond acceptors (Lipinski definition) is 5. The molecule has 10 heteroatoms. The van der Waals surface area contributed by atoms with Gasteiger partial charge in [-0.1, -0.05) is 33.1 Å². The Balaban J connectivity index is -0.00000180. The molecule has 122 valence electrons. The van der Waals surface area contributed by atoms with Crippen molar-refractivity contribution in [3.05, 3.63) is 0 Å². The number of carboxylic acids is 1. The van der Waals surface area contributed by atoms with Crippen LogP contribution in [0.25, 0.3) is 0 Å². The second-order valence-corrected chi connectivity index (χ2v) is 6.25. The number of hydrogen-bond donors (Lipinski definition) is 2. The molecule has 0 aliphatic carbocycles. The van der Waals surface area contributed by atoms with Crippen molar-refractivity contribution in [2.45, 2.75) is 51.2 Å². The summed E-state index contributed by atoms with van der Waals surface area (Å²) >= 11 is 0. The Morgan fingerprint density at radius 3 is 2.09 bits per heavy atom. The Hall–Kier alpha value is 0.850. The fraction of sp³-hybridized carbons (Fsp3) is 0.833. The van der Waals surface area contributed by atoms with Crippen molar-refractivity contribution < 1.29 is 32.4 Å². The summed E-state index contributed by atoms with van der Waals surface area (Å²) in [4.78, 5) is 22.1. The van der Waals surface area contributed by atoms with Gasteiger partial charge in [0.2, 0.25) is 0 Å².